The Bertz CT molecular complexity index is 702. The number of urea groups is 1. The second-order valence-electron chi connectivity index (χ2n) is 6.23. The van der Waals surface area contributed by atoms with Crippen LogP contribution in [0.3, 0.4) is 0 Å². The Labute approximate surface area is 147 Å². The van der Waals surface area contributed by atoms with Crippen LogP contribution in [0.4, 0.5) is 4.79 Å². The summed E-state index contributed by atoms with van der Waals surface area (Å²) >= 11 is 0. The van der Waals surface area contributed by atoms with Crippen molar-refractivity contribution in [3.05, 3.63) is 42.2 Å². The Morgan fingerprint density at radius 1 is 1.24 bits per heavy atom. The highest BCUT2D eigenvalue weighted by Crippen LogP contribution is 2.32. The van der Waals surface area contributed by atoms with Crippen LogP contribution in [-0.4, -0.2) is 35.1 Å². The summed E-state index contributed by atoms with van der Waals surface area (Å²) in [7, 11) is 0. The average molecular weight is 344 g/mol. The highest BCUT2D eigenvalue weighted by Gasteiger charge is 2.16. The molecule has 2 amide bonds. The number of hydrogen-bond acceptors (Lipinski definition) is 4. The minimum Gasteiger partial charge on any atom is -0.490 e. The number of benzene rings is 1. The molecule has 0 saturated carbocycles. The third-order valence-electron chi connectivity index (χ3n) is 4.02. The van der Waals surface area contributed by atoms with Gasteiger partial charge < -0.3 is 20.1 Å². The Hall–Kier alpha value is -2.70. The van der Waals surface area contributed by atoms with Crippen molar-refractivity contribution in [3.8, 4) is 11.5 Å². The number of ether oxygens (including phenoxy) is 2. The zero-order chi connectivity index (χ0) is 17.6. The van der Waals surface area contributed by atoms with Crippen molar-refractivity contribution in [2.75, 3.05) is 13.2 Å². The molecule has 0 fully saturated rings. The number of nitrogens with zero attached hydrogens (tertiary/aromatic N) is 2. The molecule has 25 heavy (non-hydrogen) atoms. The van der Waals surface area contributed by atoms with Crippen LogP contribution in [0.2, 0.25) is 0 Å². The molecule has 0 aliphatic carbocycles. The molecule has 0 saturated heterocycles. The van der Waals surface area contributed by atoms with Gasteiger partial charge in [0, 0.05) is 24.9 Å². The van der Waals surface area contributed by atoms with Crippen LogP contribution in [0.1, 0.15) is 31.9 Å². The van der Waals surface area contributed by atoms with Crippen LogP contribution in [0.5, 0.6) is 11.5 Å². The number of hydrogen-bond donors (Lipinski definition) is 2. The van der Waals surface area contributed by atoms with Gasteiger partial charge in [0.15, 0.2) is 11.5 Å². The maximum atomic E-state index is 12.2. The largest absolute Gasteiger partial charge is 0.490 e. The highest BCUT2D eigenvalue weighted by molar-refractivity contribution is 5.74. The maximum Gasteiger partial charge on any atom is 0.315 e. The standard InChI is InChI=1S/C18H24N4O3/c1-13(12-22-8-3-7-19-22)20-18(23)21-14(2)15-5-6-16-17(11-15)25-10-4-9-24-16/h3,5-8,11,13-14H,4,9-10,12H2,1-2H3,(H2,20,21,23). The van der Waals surface area contributed by atoms with Crippen molar-refractivity contribution >= 4 is 6.03 Å². The SMILES string of the molecule is CC(Cn1cccn1)NC(=O)NC(C)c1ccc2c(c1)OCCCO2. The molecule has 2 unspecified atom stereocenters. The normalized spacial score (nSPS) is 15.8. The number of aromatic nitrogens is 2. The van der Waals surface area contributed by atoms with Crippen molar-refractivity contribution < 1.29 is 14.3 Å². The lowest BCUT2D eigenvalue weighted by molar-refractivity contribution is 0.233. The first-order valence-electron chi connectivity index (χ1n) is 8.56. The van der Waals surface area contributed by atoms with Crippen molar-refractivity contribution in [1.82, 2.24) is 20.4 Å². The molecule has 3 rings (SSSR count). The minimum atomic E-state index is -0.209. The third-order valence-corrected chi connectivity index (χ3v) is 4.02. The molecule has 7 heteroatoms. The Balaban J connectivity index is 1.55. The summed E-state index contributed by atoms with van der Waals surface area (Å²) < 4.78 is 13.1. The van der Waals surface area contributed by atoms with E-state index in [1.54, 1.807) is 10.9 Å². The zero-order valence-electron chi connectivity index (χ0n) is 14.6. The van der Waals surface area contributed by atoms with E-state index in [1.165, 1.54) is 0 Å². The predicted octanol–water partition coefficient (Wildman–Crippen LogP) is 2.49. The lowest BCUT2D eigenvalue weighted by Crippen LogP contribution is -2.43. The van der Waals surface area contributed by atoms with Gasteiger partial charge in [0.25, 0.3) is 0 Å². The van der Waals surface area contributed by atoms with E-state index < -0.39 is 0 Å². The van der Waals surface area contributed by atoms with E-state index in [0.29, 0.717) is 19.8 Å². The molecule has 1 aromatic carbocycles. The number of fused-ring (bicyclic) bond motifs is 1. The fourth-order valence-electron chi connectivity index (χ4n) is 2.73. The van der Waals surface area contributed by atoms with E-state index in [9.17, 15) is 4.79 Å². The summed E-state index contributed by atoms with van der Waals surface area (Å²) in [5.41, 5.74) is 0.971. The van der Waals surface area contributed by atoms with Gasteiger partial charge >= 0.3 is 6.03 Å². The van der Waals surface area contributed by atoms with Crippen LogP contribution in [0.15, 0.2) is 36.7 Å². The summed E-state index contributed by atoms with van der Waals surface area (Å²) in [5.74, 6) is 1.49. The molecule has 1 aliphatic rings. The summed E-state index contributed by atoms with van der Waals surface area (Å²) in [6, 6.07) is 7.25. The molecular formula is C18H24N4O3. The summed E-state index contributed by atoms with van der Waals surface area (Å²) in [6.45, 7) is 5.82. The second-order valence-corrected chi connectivity index (χ2v) is 6.23. The molecule has 1 aromatic heterocycles. The number of amides is 2. The van der Waals surface area contributed by atoms with Gasteiger partial charge in [-0.1, -0.05) is 6.07 Å². The van der Waals surface area contributed by atoms with Crippen LogP contribution in [0.25, 0.3) is 0 Å². The van der Waals surface area contributed by atoms with Gasteiger partial charge in [-0.2, -0.15) is 5.10 Å². The predicted molar refractivity (Wildman–Crippen MR) is 93.8 cm³/mol. The van der Waals surface area contributed by atoms with Gasteiger partial charge in [-0.25, -0.2) is 4.79 Å². The first-order chi connectivity index (χ1) is 12.1. The molecule has 134 valence electrons. The summed E-state index contributed by atoms with van der Waals surface area (Å²) in [5, 5.41) is 10.0. The fourth-order valence-corrected chi connectivity index (χ4v) is 2.73. The summed E-state index contributed by atoms with van der Waals surface area (Å²) in [6.07, 6.45) is 4.46. The first kappa shape index (κ1) is 17.1. The Kier molecular flexibility index (Phi) is 5.42. The molecule has 2 heterocycles. The number of carbonyl (C=O) groups is 1. The number of rotatable bonds is 5. The molecule has 0 bridgehead atoms. The number of carbonyl (C=O) groups excluding carboxylic acids is 1. The zero-order valence-corrected chi connectivity index (χ0v) is 14.6. The smallest absolute Gasteiger partial charge is 0.315 e. The molecule has 2 N–H and O–H groups in total. The summed E-state index contributed by atoms with van der Waals surface area (Å²) in [4.78, 5) is 12.2. The quantitative estimate of drug-likeness (QED) is 0.874. The first-order valence-corrected chi connectivity index (χ1v) is 8.56. The van der Waals surface area contributed by atoms with E-state index in [2.05, 4.69) is 15.7 Å². The third kappa shape index (κ3) is 4.65. The van der Waals surface area contributed by atoms with Gasteiger partial charge in [0.1, 0.15) is 0 Å². The van der Waals surface area contributed by atoms with E-state index in [-0.39, 0.29) is 18.1 Å². The monoisotopic (exact) mass is 344 g/mol. The van der Waals surface area contributed by atoms with E-state index in [0.717, 1.165) is 23.5 Å². The molecule has 7 nitrogen and oxygen atoms in total. The molecule has 2 atom stereocenters. The lowest BCUT2D eigenvalue weighted by Gasteiger charge is -2.19. The Morgan fingerprint density at radius 2 is 2.04 bits per heavy atom. The second kappa shape index (κ2) is 7.92. The topological polar surface area (TPSA) is 77.4 Å². The van der Waals surface area contributed by atoms with Gasteiger partial charge in [-0.05, 0) is 37.6 Å². The Morgan fingerprint density at radius 3 is 2.80 bits per heavy atom. The van der Waals surface area contributed by atoms with Gasteiger partial charge in [0.05, 0.1) is 25.8 Å². The molecule has 2 aromatic rings. The van der Waals surface area contributed by atoms with Crippen molar-refractivity contribution in [2.45, 2.75) is 38.9 Å². The minimum absolute atomic E-state index is 0.0316. The van der Waals surface area contributed by atoms with Gasteiger partial charge in [-0.15, -0.1) is 0 Å². The molecular weight excluding hydrogens is 320 g/mol. The van der Waals surface area contributed by atoms with Gasteiger partial charge in [-0.3, -0.25) is 4.68 Å². The van der Waals surface area contributed by atoms with Gasteiger partial charge in [0.2, 0.25) is 0 Å². The van der Waals surface area contributed by atoms with Crippen LogP contribution >= 0.6 is 0 Å². The number of nitrogens with one attached hydrogen (secondary N) is 2. The average Bonchev–Trinajstić information content (AvgIpc) is 2.96. The van der Waals surface area contributed by atoms with Crippen LogP contribution in [0, 0.1) is 0 Å². The van der Waals surface area contributed by atoms with Crippen molar-refractivity contribution in [2.24, 2.45) is 0 Å². The maximum absolute atomic E-state index is 12.2. The lowest BCUT2D eigenvalue weighted by atomic mass is 10.1. The van der Waals surface area contributed by atoms with Crippen molar-refractivity contribution in [1.29, 1.82) is 0 Å². The fraction of sp³-hybridized carbons (Fsp3) is 0.444. The van der Waals surface area contributed by atoms with Crippen LogP contribution in [-0.2, 0) is 6.54 Å². The molecule has 0 spiro atoms. The molecule has 0 radical (unpaired) electrons. The van der Waals surface area contributed by atoms with E-state index >= 15 is 0 Å². The van der Waals surface area contributed by atoms with Crippen LogP contribution < -0.4 is 20.1 Å². The molecule has 1 aliphatic heterocycles. The van der Waals surface area contributed by atoms with E-state index in [1.807, 2.05) is 44.3 Å². The highest BCUT2D eigenvalue weighted by atomic mass is 16.5. The van der Waals surface area contributed by atoms with E-state index in [4.69, 9.17) is 9.47 Å². The van der Waals surface area contributed by atoms with Crippen molar-refractivity contribution in [3.63, 3.8) is 0 Å².